The van der Waals surface area contributed by atoms with Gasteiger partial charge in [-0.3, -0.25) is 4.79 Å². The molecule has 0 bridgehead atoms. The summed E-state index contributed by atoms with van der Waals surface area (Å²) in [6.07, 6.45) is 0.706. The average Bonchev–Trinajstić information content (AvgIpc) is 3.04. The Morgan fingerprint density at radius 2 is 2.19 bits per heavy atom. The first-order valence-corrected chi connectivity index (χ1v) is 8.62. The Labute approximate surface area is 151 Å². The van der Waals surface area contributed by atoms with Gasteiger partial charge < -0.3 is 25.5 Å². The van der Waals surface area contributed by atoms with E-state index in [0.717, 1.165) is 16.4 Å². The number of nitrogen functional groups attached to an aromatic ring is 1. The van der Waals surface area contributed by atoms with Gasteiger partial charge in [-0.2, -0.15) is 0 Å². The van der Waals surface area contributed by atoms with Crippen LogP contribution in [0.15, 0.2) is 18.2 Å². The lowest BCUT2D eigenvalue weighted by atomic mass is 10.1. The molecule has 2 aromatic heterocycles. The lowest BCUT2D eigenvalue weighted by Crippen LogP contribution is -2.22. The van der Waals surface area contributed by atoms with E-state index < -0.39 is 0 Å². The van der Waals surface area contributed by atoms with Crippen molar-refractivity contribution in [2.75, 3.05) is 25.5 Å². The molecule has 8 heteroatoms. The van der Waals surface area contributed by atoms with Gasteiger partial charge in [0.1, 0.15) is 35.0 Å². The Balaban J connectivity index is 1.90. The van der Waals surface area contributed by atoms with E-state index in [1.165, 1.54) is 6.92 Å². The van der Waals surface area contributed by atoms with Crippen LogP contribution in [-0.2, 0) is 16.1 Å². The van der Waals surface area contributed by atoms with Gasteiger partial charge in [-0.25, -0.2) is 9.97 Å². The number of benzene rings is 1. The van der Waals surface area contributed by atoms with E-state index in [2.05, 4.69) is 20.3 Å². The molecule has 1 amide bonds. The SMILES string of the molecule is CCOCc1nc2c([nH]1)c(N)nc1cccc(OCCCNC(C)=O)c12. The van der Waals surface area contributed by atoms with Crippen LogP contribution < -0.4 is 15.8 Å². The van der Waals surface area contributed by atoms with Crippen molar-refractivity contribution in [1.82, 2.24) is 20.3 Å². The maximum atomic E-state index is 10.9. The minimum atomic E-state index is -0.0464. The van der Waals surface area contributed by atoms with E-state index in [4.69, 9.17) is 15.2 Å². The molecule has 3 aromatic rings. The van der Waals surface area contributed by atoms with Gasteiger partial charge in [0.15, 0.2) is 0 Å². The zero-order valence-corrected chi connectivity index (χ0v) is 15.0. The van der Waals surface area contributed by atoms with E-state index in [9.17, 15) is 4.79 Å². The average molecular weight is 357 g/mol. The number of rotatable bonds is 8. The number of anilines is 1. The van der Waals surface area contributed by atoms with Gasteiger partial charge >= 0.3 is 0 Å². The summed E-state index contributed by atoms with van der Waals surface area (Å²) in [5, 5.41) is 3.56. The highest BCUT2D eigenvalue weighted by atomic mass is 16.5. The maximum Gasteiger partial charge on any atom is 0.216 e. The fourth-order valence-electron chi connectivity index (χ4n) is 2.73. The van der Waals surface area contributed by atoms with Gasteiger partial charge in [-0.05, 0) is 25.5 Å². The fraction of sp³-hybridized carbons (Fsp3) is 0.389. The van der Waals surface area contributed by atoms with Crippen LogP contribution in [0.3, 0.4) is 0 Å². The third-order valence-corrected chi connectivity index (χ3v) is 3.89. The summed E-state index contributed by atoms with van der Waals surface area (Å²) in [7, 11) is 0. The highest BCUT2D eigenvalue weighted by Gasteiger charge is 2.15. The van der Waals surface area contributed by atoms with Crippen LogP contribution in [0.25, 0.3) is 21.9 Å². The number of carbonyl (C=O) groups excluding carboxylic acids is 1. The Morgan fingerprint density at radius 1 is 1.35 bits per heavy atom. The number of imidazole rings is 1. The molecule has 0 aliphatic carbocycles. The van der Waals surface area contributed by atoms with Crippen LogP contribution in [0, 0.1) is 0 Å². The Kier molecular flexibility index (Phi) is 5.52. The van der Waals surface area contributed by atoms with Gasteiger partial charge in [0.05, 0.1) is 17.5 Å². The molecule has 2 heterocycles. The van der Waals surface area contributed by atoms with Crippen molar-refractivity contribution >= 4 is 33.7 Å². The van der Waals surface area contributed by atoms with Gasteiger partial charge in [0.2, 0.25) is 5.91 Å². The van der Waals surface area contributed by atoms with Crippen LogP contribution in [0.5, 0.6) is 5.75 Å². The van der Waals surface area contributed by atoms with Crippen molar-refractivity contribution < 1.29 is 14.3 Å². The number of hydrogen-bond donors (Lipinski definition) is 3. The van der Waals surface area contributed by atoms with Crippen molar-refractivity contribution in [2.45, 2.75) is 26.9 Å². The molecule has 0 atom stereocenters. The first-order chi connectivity index (χ1) is 12.6. The Hall–Kier alpha value is -2.87. The van der Waals surface area contributed by atoms with Gasteiger partial charge in [-0.1, -0.05) is 6.07 Å². The second-order valence-corrected chi connectivity index (χ2v) is 5.88. The third kappa shape index (κ3) is 3.85. The van der Waals surface area contributed by atoms with Crippen molar-refractivity contribution in [3.8, 4) is 5.75 Å². The molecule has 8 nitrogen and oxygen atoms in total. The molecule has 4 N–H and O–H groups in total. The number of H-pyrrole nitrogens is 1. The number of fused-ring (bicyclic) bond motifs is 3. The first-order valence-electron chi connectivity index (χ1n) is 8.62. The summed E-state index contributed by atoms with van der Waals surface area (Å²) < 4.78 is 11.3. The van der Waals surface area contributed by atoms with Gasteiger partial charge in [-0.15, -0.1) is 0 Å². The number of nitrogens with one attached hydrogen (secondary N) is 2. The lowest BCUT2D eigenvalue weighted by molar-refractivity contribution is -0.118. The molecule has 1 aromatic carbocycles. The molecule has 0 spiro atoms. The number of ether oxygens (including phenoxy) is 2. The van der Waals surface area contributed by atoms with Crippen molar-refractivity contribution in [3.63, 3.8) is 0 Å². The molecule has 0 unspecified atom stereocenters. The van der Waals surface area contributed by atoms with Crippen molar-refractivity contribution in [1.29, 1.82) is 0 Å². The molecule has 138 valence electrons. The summed E-state index contributed by atoms with van der Waals surface area (Å²) >= 11 is 0. The highest BCUT2D eigenvalue weighted by Crippen LogP contribution is 2.33. The Morgan fingerprint density at radius 3 is 2.96 bits per heavy atom. The van der Waals surface area contributed by atoms with Gasteiger partial charge in [0.25, 0.3) is 0 Å². The molecule has 3 rings (SSSR count). The number of pyridine rings is 1. The van der Waals surface area contributed by atoms with E-state index in [-0.39, 0.29) is 5.91 Å². The number of amides is 1. The summed E-state index contributed by atoms with van der Waals surface area (Å²) in [4.78, 5) is 23.2. The van der Waals surface area contributed by atoms with Crippen LogP contribution >= 0.6 is 0 Å². The van der Waals surface area contributed by atoms with Crippen LogP contribution in [-0.4, -0.2) is 40.6 Å². The zero-order chi connectivity index (χ0) is 18.5. The van der Waals surface area contributed by atoms with Crippen LogP contribution in [0.4, 0.5) is 5.82 Å². The molecular weight excluding hydrogens is 334 g/mol. The molecule has 0 fully saturated rings. The first kappa shape index (κ1) is 17.9. The summed E-state index contributed by atoms with van der Waals surface area (Å²) in [5.74, 6) is 1.74. The number of aromatic nitrogens is 3. The standard InChI is InChI=1S/C18H23N5O3/c1-3-25-10-14-22-16-15-12(21-18(19)17(16)23-14)6-4-7-13(15)26-9-5-8-20-11(2)24/h4,6-7H,3,5,8-10H2,1-2H3,(H2,19,21)(H,20,24)(H,22,23). The van der Waals surface area contributed by atoms with Crippen LogP contribution in [0.2, 0.25) is 0 Å². The second-order valence-electron chi connectivity index (χ2n) is 5.88. The minimum absolute atomic E-state index is 0.0464. The second kappa shape index (κ2) is 8.01. The summed E-state index contributed by atoms with van der Waals surface area (Å²) in [6, 6.07) is 5.64. The van der Waals surface area contributed by atoms with E-state index in [0.29, 0.717) is 55.7 Å². The highest BCUT2D eigenvalue weighted by molar-refractivity contribution is 6.09. The van der Waals surface area contributed by atoms with E-state index in [1.807, 2.05) is 25.1 Å². The van der Waals surface area contributed by atoms with Crippen LogP contribution in [0.1, 0.15) is 26.1 Å². The molecular formula is C18H23N5O3. The smallest absolute Gasteiger partial charge is 0.216 e. The number of aromatic amines is 1. The normalized spacial score (nSPS) is 11.2. The van der Waals surface area contributed by atoms with Gasteiger partial charge in [0, 0.05) is 20.1 Å². The zero-order valence-electron chi connectivity index (χ0n) is 15.0. The molecule has 0 saturated carbocycles. The molecule has 0 aliphatic rings. The number of carbonyl (C=O) groups is 1. The summed E-state index contributed by atoms with van der Waals surface area (Å²) in [6.45, 7) is 5.46. The fourth-order valence-corrected chi connectivity index (χ4v) is 2.73. The molecule has 0 saturated heterocycles. The molecule has 26 heavy (non-hydrogen) atoms. The van der Waals surface area contributed by atoms with E-state index in [1.54, 1.807) is 0 Å². The summed E-state index contributed by atoms with van der Waals surface area (Å²) in [5.41, 5.74) is 8.21. The van der Waals surface area contributed by atoms with Crippen molar-refractivity contribution in [2.24, 2.45) is 0 Å². The quantitative estimate of drug-likeness (QED) is 0.532. The number of nitrogens with zero attached hydrogens (tertiary/aromatic N) is 2. The van der Waals surface area contributed by atoms with E-state index >= 15 is 0 Å². The topological polar surface area (TPSA) is 115 Å². The molecule has 0 aliphatic heterocycles. The Bertz CT molecular complexity index is 922. The number of hydrogen-bond acceptors (Lipinski definition) is 6. The lowest BCUT2D eigenvalue weighted by Gasteiger charge is -2.10. The minimum Gasteiger partial charge on any atom is -0.493 e. The molecule has 0 radical (unpaired) electrons. The predicted molar refractivity (Wildman–Crippen MR) is 99.9 cm³/mol. The monoisotopic (exact) mass is 357 g/mol. The largest absolute Gasteiger partial charge is 0.493 e. The third-order valence-electron chi connectivity index (χ3n) is 3.89. The maximum absolute atomic E-state index is 10.9. The van der Waals surface area contributed by atoms with Crippen molar-refractivity contribution in [3.05, 3.63) is 24.0 Å². The predicted octanol–water partition coefficient (Wildman–Crippen LogP) is 2.13. The number of nitrogens with two attached hydrogens (primary N) is 1.